The first kappa shape index (κ1) is 11.8. The number of hydrogen-bond donors (Lipinski definition) is 0. The molecule has 2 aromatic rings. The van der Waals surface area contributed by atoms with Crippen molar-refractivity contribution in [1.82, 2.24) is 4.98 Å². The van der Waals surface area contributed by atoms with Crippen LogP contribution in [0.4, 0.5) is 0 Å². The molecular weight excluding hydrogens is 206 g/mol. The number of aromatic nitrogens is 1. The number of pyridine rings is 1. The van der Waals surface area contributed by atoms with Crippen LogP contribution >= 0.6 is 0 Å². The summed E-state index contributed by atoms with van der Waals surface area (Å²) in [6, 6.07) is 12.8. The molecule has 0 radical (unpaired) electrons. The highest BCUT2D eigenvalue weighted by atomic mass is 14.7. The molecule has 1 nitrogen and oxygen atoms in total. The molecule has 0 aliphatic carbocycles. The molecule has 0 saturated heterocycles. The minimum Gasteiger partial charge on any atom is -0.261 e. The smallest absolute Gasteiger partial charge is 0.0373 e. The van der Waals surface area contributed by atoms with Gasteiger partial charge in [-0.1, -0.05) is 51.1 Å². The van der Waals surface area contributed by atoms with Gasteiger partial charge < -0.3 is 0 Å². The molecule has 0 saturated carbocycles. The summed E-state index contributed by atoms with van der Waals surface area (Å²) in [6.07, 6.45) is 1.96. The van der Waals surface area contributed by atoms with Gasteiger partial charge >= 0.3 is 0 Å². The highest BCUT2D eigenvalue weighted by Gasteiger charge is 2.17. The van der Waals surface area contributed by atoms with Crippen molar-refractivity contribution in [3.63, 3.8) is 0 Å². The lowest BCUT2D eigenvalue weighted by Gasteiger charge is -2.22. The summed E-state index contributed by atoms with van der Waals surface area (Å²) >= 11 is 0. The summed E-state index contributed by atoms with van der Waals surface area (Å²) in [6.45, 7) is 8.74. The Labute approximate surface area is 104 Å². The van der Waals surface area contributed by atoms with Gasteiger partial charge in [-0.2, -0.15) is 0 Å². The van der Waals surface area contributed by atoms with Gasteiger partial charge in [0.15, 0.2) is 0 Å². The predicted octanol–water partition coefficient (Wildman–Crippen LogP) is 4.35. The summed E-state index contributed by atoms with van der Waals surface area (Å²) in [5.41, 5.74) is 5.06. The van der Waals surface area contributed by atoms with Crippen LogP contribution in [-0.2, 0) is 5.41 Å². The minimum absolute atomic E-state index is 0.154. The molecule has 0 unspecified atom stereocenters. The zero-order chi connectivity index (χ0) is 12.5. The Morgan fingerprint density at radius 3 is 2.24 bits per heavy atom. The van der Waals surface area contributed by atoms with E-state index in [1.807, 2.05) is 13.1 Å². The SMILES string of the molecule is Cc1ccc(-c2ccccc2C(C)(C)C)cn1. The first-order valence-corrected chi connectivity index (χ1v) is 6.01. The third-order valence-electron chi connectivity index (χ3n) is 2.96. The number of rotatable bonds is 1. The molecule has 17 heavy (non-hydrogen) atoms. The molecule has 1 heterocycles. The van der Waals surface area contributed by atoms with E-state index in [1.54, 1.807) is 0 Å². The van der Waals surface area contributed by atoms with Crippen LogP contribution in [0, 0.1) is 6.92 Å². The molecule has 88 valence electrons. The van der Waals surface area contributed by atoms with Crippen molar-refractivity contribution >= 4 is 0 Å². The summed E-state index contributed by atoms with van der Waals surface area (Å²) in [7, 11) is 0. The maximum atomic E-state index is 4.38. The third-order valence-corrected chi connectivity index (χ3v) is 2.96. The van der Waals surface area contributed by atoms with Crippen LogP contribution in [0.1, 0.15) is 32.0 Å². The Hall–Kier alpha value is -1.63. The molecule has 0 fully saturated rings. The number of hydrogen-bond acceptors (Lipinski definition) is 1. The number of benzene rings is 1. The van der Waals surface area contributed by atoms with Gasteiger partial charge in [0.1, 0.15) is 0 Å². The summed E-state index contributed by atoms with van der Waals surface area (Å²) < 4.78 is 0. The molecule has 0 spiro atoms. The van der Waals surface area contributed by atoms with E-state index in [0.29, 0.717) is 0 Å². The molecule has 0 aliphatic rings. The molecule has 1 aromatic heterocycles. The number of nitrogens with zero attached hydrogens (tertiary/aromatic N) is 1. The molecule has 1 aromatic carbocycles. The van der Waals surface area contributed by atoms with Crippen LogP contribution < -0.4 is 0 Å². The van der Waals surface area contributed by atoms with E-state index in [2.05, 4.69) is 62.2 Å². The first-order chi connectivity index (χ1) is 7.98. The fraction of sp³-hybridized carbons (Fsp3) is 0.312. The number of aryl methyl sites for hydroxylation is 1. The van der Waals surface area contributed by atoms with Crippen molar-refractivity contribution < 1.29 is 0 Å². The van der Waals surface area contributed by atoms with Gasteiger partial charge in [-0.25, -0.2) is 0 Å². The highest BCUT2D eigenvalue weighted by Crippen LogP contribution is 2.32. The van der Waals surface area contributed by atoms with Crippen molar-refractivity contribution in [2.75, 3.05) is 0 Å². The molecule has 0 N–H and O–H groups in total. The van der Waals surface area contributed by atoms with Crippen molar-refractivity contribution in [2.24, 2.45) is 0 Å². The lowest BCUT2D eigenvalue weighted by Crippen LogP contribution is -2.12. The second kappa shape index (κ2) is 4.33. The molecular formula is C16H19N. The highest BCUT2D eigenvalue weighted by molar-refractivity contribution is 5.67. The molecule has 1 heteroatoms. The van der Waals surface area contributed by atoms with Gasteiger partial charge in [0.05, 0.1) is 0 Å². The Bertz CT molecular complexity index is 504. The van der Waals surface area contributed by atoms with Crippen LogP contribution in [0.3, 0.4) is 0 Å². The Balaban J connectivity index is 2.56. The fourth-order valence-electron chi connectivity index (χ4n) is 2.02. The Morgan fingerprint density at radius 1 is 0.941 bits per heavy atom. The average Bonchev–Trinajstić information content (AvgIpc) is 2.29. The van der Waals surface area contributed by atoms with Gasteiger partial charge in [0.2, 0.25) is 0 Å². The van der Waals surface area contributed by atoms with E-state index in [9.17, 15) is 0 Å². The van der Waals surface area contributed by atoms with Crippen LogP contribution in [-0.4, -0.2) is 4.98 Å². The molecule has 0 amide bonds. The molecule has 0 aliphatic heterocycles. The van der Waals surface area contributed by atoms with E-state index in [4.69, 9.17) is 0 Å². The molecule has 0 bridgehead atoms. The van der Waals surface area contributed by atoms with Gasteiger partial charge in [-0.3, -0.25) is 4.98 Å². The molecule has 0 atom stereocenters. The maximum absolute atomic E-state index is 4.38. The van der Waals surface area contributed by atoms with E-state index in [0.717, 1.165) is 5.69 Å². The van der Waals surface area contributed by atoms with Gasteiger partial charge in [0.25, 0.3) is 0 Å². The summed E-state index contributed by atoms with van der Waals surface area (Å²) in [5, 5.41) is 0. The lowest BCUT2D eigenvalue weighted by molar-refractivity contribution is 0.592. The van der Waals surface area contributed by atoms with E-state index in [-0.39, 0.29) is 5.41 Å². The standard InChI is InChI=1S/C16H19N/c1-12-9-10-13(11-17-12)14-7-5-6-8-15(14)16(2,3)4/h5-11H,1-4H3. The van der Waals surface area contributed by atoms with Crippen molar-refractivity contribution in [3.8, 4) is 11.1 Å². The van der Waals surface area contributed by atoms with E-state index < -0.39 is 0 Å². The van der Waals surface area contributed by atoms with Crippen LogP contribution in [0.15, 0.2) is 42.6 Å². The van der Waals surface area contributed by atoms with Crippen LogP contribution in [0.5, 0.6) is 0 Å². The Morgan fingerprint density at radius 2 is 1.65 bits per heavy atom. The quantitative estimate of drug-likeness (QED) is 0.703. The average molecular weight is 225 g/mol. The largest absolute Gasteiger partial charge is 0.261 e. The fourth-order valence-corrected chi connectivity index (χ4v) is 2.02. The van der Waals surface area contributed by atoms with Crippen molar-refractivity contribution in [1.29, 1.82) is 0 Å². The Kier molecular flexibility index (Phi) is 3.01. The monoisotopic (exact) mass is 225 g/mol. The first-order valence-electron chi connectivity index (χ1n) is 6.01. The van der Waals surface area contributed by atoms with Crippen LogP contribution in [0.25, 0.3) is 11.1 Å². The van der Waals surface area contributed by atoms with Gasteiger partial charge in [-0.15, -0.1) is 0 Å². The van der Waals surface area contributed by atoms with Crippen LogP contribution in [0.2, 0.25) is 0 Å². The topological polar surface area (TPSA) is 12.9 Å². The second-order valence-electron chi connectivity index (χ2n) is 5.48. The maximum Gasteiger partial charge on any atom is 0.0373 e. The van der Waals surface area contributed by atoms with Gasteiger partial charge in [-0.05, 0) is 29.5 Å². The predicted molar refractivity (Wildman–Crippen MR) is 73.1 cm³/mol. The molecule has 2 rings (SSSR count). The zero-order valence-corrected chi connectivity index (χ0v) is 11.0. The summed E-state index contributed by atoms with van der Waals surface area (Å²) in [5.74, 6) is 0. The lowest BCUT2D eigenvalue weighted by atomic mass is 9.82. The second-order valence-corrected chi connectivity index (χ2v) is 5.48. The summed E-state index contributed by atoms with van der Waals surface area (Å²) in [4.78, 5) is 4.38. The van der Waals surface area contributed by atoms with Gasteiger partial charge in [0, 0.05) is 17.5 Å². The normalized spacial score (nSPS) is 11.5. The van der Waals surface area contributed by atoms with E-state index >= 15 is 0 Å². The third kappa shape index (κ3) is 2.55. The zero-order valence-electron chi connectivity index (χ0n) is 11.0. The van der Waals surface area contributed by atoms with E-state index in [1.165, 1.54) is 16.7 Å². The minimum atomic E-state index is 0.154. The van der Waals surface area contributed by atoms with Crippen molar-refractivity contribution in [3.05, 3.63) is 53.9 Å². The van der Waals surface area contributed by atoms with Crippen molar-refractivity contribution in [2.45, 2.75) is 33.1 Å².